The molecule has 0 radical (unpaired) electrons. The van der Waals surface area contributed by atoms with E-state index in [-0.39, 0.29) is 6.10 Å². The molecule has 0 aliphatic heterocycles. The van der Waals surface area contributed by atoms with Crippen molar-refractivity contribution in [2.24, 2.45) is 0 Å². The highest BCUT2D eigenvalue weighted by atomic mass is 35.5. The first-order valence-corrected chi connectivity index (χ1v) is 7.74. The Morgan fingerprint density at radius 1 is 1.05 bits per heavy atom. The van der Waals surface area contributed by atoms with Crippen molar-refractivity contribution in [1.29, 1.82) is 0 Å². The fourth-order valence-electron chi connectivity index (χ4n) is 2.06. The van der Waals surface area contributed by atoms with Crippen molar-refractivity contribution in [3.8, 4) is 5.75 Å². The van der Waals surface area contributed by atoms with Crippen LogP contribution in [0.5, 0.6) is 5.75 Å². The predicted molar refractivity (Wildman–Crippen MR) is 90.4 cm³/mol. The van der Waals surface area contributed by atoms with Crippen molar-refractivity contribution in [3.63, 3.8) is 0 Å². The number of halogens is 1. The summed E-state index contributed by atoms with van der Waals surface area (Å²) in [6.45, 7) is 6.92. The average molecular weight is 304 g/mol. The average Bonchev–Trinajstić information content (AvgIpc) is 2.48. The Morgan fingerprint density at radius 2 is 1.71 bits per heavy atom. The molecule has 2 nitrogen and oxygen atoms in total. The maximum atomic E-state index is 6.23. The minimum absolute atomic E-state index is 0.124. The van der Waals surface area contributed by atoms with Gasteiger partial charge in [-0.2, -0.15) is 0 Å². The van der Waals surface area contributed by atoms with E-state index in [2.05, 4.69) is 36.5 Å². The van der Waals surface area contributed by atoms with Crippen molar-refractivity contribution >= 4 is 17.3 Å². The van der Waals surface area contributed by atoms with Gasteiger partial charge in [0.05, 0.1) is 11.1 Å². The fraction of sp³-hybridized carbons (Fsp3) is 0.333. The van der Waals surface area contributed by atoms with Crippen LogP contribution in [-0.2, 0) is 13.0 Å². The lowest BCUT2D eigenvalue weighted by atomic mass is 10.1. The minimum atomic E-state index is 0.124. The highest BCUT2D eigenvalue weighted by molar-refractivity contribution is 6.32. The van der Waals surface area contributed by atoms with Crippen LogP contribution in [0, 0.1) is 0 Å². The van der Waals surface area contributed by atoms with Crippen LogP contribution in [0.2, 0.25) is 5.02 Å². The first-order chi connectivity index (χ1) is 10.1. The Hall–Kier alpha value is -1.67. The Labute approximate surface area is 132 Å². The van der Waals surface area contributed by atoms with Crippen LogP contribution in [0.3, 0.4) is 0 Å². The molecule has 0 aliphatic rings. The quantitative estimate of drug-likeness (QED) is 0.781. The minimum Gasteiger partial charge on any atom is -0.489 e. The van der Waals surface area contributed by atoms with Crippen molar-refractivity contribution in [3.05, 3.63) is 58.6 Å². The molecule has 0 saturated carbocycles. The Kier molecular flexibility index (Phi) is 5.51. The van der Waals surface area contributed by atoms with Crippen LogP contribution in [0.25, 0.3) is 0 Å². The lowest BCUT2D eigenvalue weighted by molar-refractivity contribution is 0.242. The molecule has 2 aromatic carbocycles. The molecule has 0 atom stereocenters. The Bertz CT molecular complexity index is 578. The summed E-state index contributed by atoms with van der Waals surface area (Å²) in [6, 6.07) is 14.5. The SMILES string of the molecule is CCc1ccc(CNc2ccc(OC(C)C)c(Cl)c2)cc1. The molecule has 3 heteroatoms. The van der Waals surface area contributed by atoms with Crippen molar-refractivity contribution < 1.29 is 4.74 Å². The summed E-state index contributed by atoms with van der Waals surface area (Å²) < 4.78 is 5.63. The van der Waals surface area contributed by atoms with Gasteiger partial charge in [-0.15, -0.1) is 0 Å². The molecule has 0 aromatic heterocycles. The number of anilines is 1. The van der Waals surface area contributed by atoms with Gasteiger partial charge in [-0.3, -0.25) is 0 Å². The number of hydrogen-bond acceptors (Lipinski definition) is 2. The third kappa shape index (κ3) is 4.68. The molecule has 0 spiro atoms. The number of hydrogen-bond donors (Lipinski definition) is 1. The van der Waals surface area contributed by atoms with E-state index in [4.69, 9.17) is 16.3 Å². The Morgan fingerprint density at radius 3 is 2.29 bits per heavy atom. The predicted octanol–water partition coefficient (Wildman–Crippen LogP) is 5.30. The highest BCUT2D eigenvalue weighted by Crippen LogP contribution is 2.28. The van der Waals surface area contributed by atoms with Gasteiger partial charge in [0.15, 0.2) is 0 Å². The van der Waals surface area contributed by atoms with E-state index in [1.807, 2.05) is 32.0 Å². The lowest BCUT2D eigenvalue weighted by Gasteiger charge is -2.13. The smallest absolute Gasteiger partial charge is 0.138 e. The molecule has 21 heavy (non-hydrogen) atoms. The van der Waals surface area contributed by atoms with Gasteiger partial charge >= 0.3 is 0 Å². The summed E-state index contributed by atoms with van der Waals surface area (Å²) in [7, 11) is 0. The lowest BCUT2D eigenvalue weighted by Crippen LogP contribution is -2.06. The first-order valence-electron chi connectivity index (χ1n) is 7.36. The van der Waals surface area contributed by atoms with Crippen molar-refractivity contribution in [2.75, 3.05) is 5.32 Å². The van der Waals surface area contributed by atoms with Gasteiger partial charge in [0, 0.05) is 12.2 Å². The normalized spacial score (nSPS) is 10.7. The van der Waals surface area contributed by atoms with Crippen LogP contribution < -0.4 is 10.1 Å². The van der Waals surface area contributed by atoms with E-state index < -0.39 is 0 Å². The van der Waals surface area contributed by atoms with Gasteiger partial charge < -0.3 is 10.1 Å². The van der Waals surface area contributed by atoms with E-state index >= 15 is 0 Å². The first kappa shape index (κ1) is 15.7. The number of benzene rings is 2. The maximum absolute atomic E-state index is 6.23. The second-order valence-corrected chi connectivity index (χ2v) is 5.74. The zero-order valence-electron chi connectivity index (χ0n) is 12.8. The summed E-state index contributed by atoms with van der Waals surface area (Å²) in [5, 5.41) is 4.01. The zero-order valence-corrected chi connectivity index (χ0v) is 13.6. The second-order valence-electron chi connectivity index (χ2n) is 5.34. The molecule has 0 saturated heterocycles. The van der Waals surface area contributed by atoms with Crippen molar-refractivity contribution in [2.45, 2.75) is 39.8 Å². The molecule has 0 unspecified atom stereocenters. The topological polar surface area (TPSA) is 21.3 Å². The maximum Gasteiger partial charge on any atom is 0.138 e. The number of ether oxygens (including phenoxy) is 1. The summed E-state index contributed by atoms with van der Waals surface area (Å²) in [5.41, 5.74) is 3.61. The van der Waals surface area contributed by atoms with E-state index in [9.17, 15) is 0 Å². The van der Waals surface area contributed by atoms with Crippen LogP contribution in [-0.4, -0.2) is 6.10 Å². The molecule has 2 aromatic rings. The van der Waals surface area contributed by atoms with E-state index in [0.717, 1.165) is 24.4 Å². The van der Waals surface area contributed by atoms with Crippen LogP contribution in [0.15, 0.2) is 42.5 Å². The van der Waals surface area contributed by atoms with E-state index in [0.29, 0.717) is 5.02 Å². The number of rotatable bonds is 6. The second kappa shape index (κ2) is 7.37. The van der Waals surface area contributed by atoms with Crippen LogP contribution >= 0.6 is 11.6 Å². The number of aryl methyl sites for hydroxylation is 1. The molecule has 0 amide bonds. The number of nitrogens with one attached hydrogen (secondary N) is 1. The summed E-state index contributed by atoms with van der Waals surface area (Å²) in [6.07, 6.45) is 1.19. The summed E-state index contributed by atoms with van der Waals surface area (Å²) >= 11 is 6.23. The van der Waals surface area contributed by atoms with Gasteiger partial charge in [-0.1, -0.05) is 42.8 Å². The standard InChI is InChI=1S/C18H22ClNO/c1-4-14-5-7-15(8-6-14)12-20-16-9-10-18(17(19)11-16)21-13(2)3/h5-11,13,20H,4,12H2,1-3H3. The third-order valence-corrected chi connectivity index (χ3v) is 3.52. The van der Waals surface area contributed by atoms with E-state index in [1.165, 1.54) is 11.1 Å². The third-order valence-electron chi connectivity index (χ3n) is 3.22. The summed E-state index contributed by atoms with van der Waals surface area (Å²) in [5.74, 6) is 0.726. The van der Waals surface area contributed by atoms with Crippen LogP contribution in [0.1, 0.15) is 31.9 Å². The van der Waals surface area contributed by atoms with Gasteiger partial charge in [0.2, 0.25) is 0 Å². The van der Waals surface area contributed by atoms with Crippen LogP contribution in [0.4, 0.5) is 5.69 Å². The molecule has 0 heterocycles. The molecule has 0 fully saturated rings. The molecule has 0 bridgehead atoms. The molecule has 112 valence electrons. The van der Waals surface area contributed by atoms with Gasteiger partial charge in [0.1, 0.15) is 5.75 Å². The van der Waals surface area contributed by atoms with E-state index in [1.54, 1.807) is 0 Å². The fourth-order valence-corrected chi connectivity index (χ4v) is 2.28. The molecular formula is C18H22ClNO. The zero-order chi connectivity index (χ0) is 15.2. The largest absolute Gasteiger partial charge is 0.489 e. The molecular weight excluding hydrogens is 282 g/mol. The van der Waals surface area contributed by atoms with Crippen molar-refractivity contribution in [1.82, 2.24) is 0 Å². The molecule has 0 aliphatic carbocycles. The van der Waals surface area contributed by atoms with Gasteiger partial charge in [0.25, 0.3) is 0 Å². The Balaban J connectivity index is 1.98. The molecule has 1 N–H and O–H groups in total. The monoisotopic (exact) mass is 303 g/mol. The molecule has 2 rings (SSSR count). The highest BCUT2D eigenvalue weighted by Gasteiger charge is 2.05. The van der Waals surface area contributed by atoms with Gasteiger partial charge in [-0.25, -0.2) is 0 Å². The van der Waals surface area contributed by atoms with Gasteiger partial charge in [-0.05, 0) is 49.6 Å². The summed E-state index contributed by atoms with van der Waals surface area (Å²) in [4.78, 5) is 0.